The van der Waals surface area contributed by atoms with Gasteiger partial charge in [-0.05, 0) is 38.0 Å². The van der Waals surface area contributed by atoms with Crippen LogP contribution in [-0.2, 0) is 4.79 Å². The minimum atomic E-state index is -0.204. The third kappa shape index (κ3) is 3.45. The summed E-state index contributed by atoms with van der Waals surface area (Å²) in [4.78, 5) is 19.7. The molecule has 1 saturated heterocycles. The number of hydrogen-bond donors (Lipinski definition) is 3. The van der Waals surface area contributed by atoms with Crippen molar-refractivity contribution < 1.29 is 4.79 Å². The summed E-state index contributed by atoms with van der Waals surface area (Å²) in [6.45, 7) is 4.88. The highest BCUT2D eigenvalue weighted by molar-refractivity contribution is 6.12. The number of hydrazone groups is 1. The van der Waals surface area contributed by atoms with Gasteiger partial charge in [0.15, 0.2) is 0 Å². The lowest BCUT2D eigenvalue weighted by atomic mass is 10.0. The van der Waals surface area contributed by atoms with Gasteiger partial charge >= 0.3 is 0 Å². The molecule has 1 unspecified atom stereocenters. The Labute approximate surface area is 175 Å². The van der Waals surface area contributed by atoms with Crippen LogP contribution in [0.5, 0.6) is 0 Å². The fourth-order valence-electron chi connectivity index (χ4n) is 4.05. The standard InChI is InChI=1S/C22H25N7O/c1-15-17(5-4-9-23-15)18-6-7-20-25-14-19(29(20)27-18)22(30)26-16-8-10-24-21(13-16)28-11-2-3-12-28/h4-8,10,13-14,20,23,25H,2-3,9,11-12H2,1H3,(H,24,26,30). The van der Waals surface area contributed by atoms with Crippen LogP contribution < -0.4 is 20.9 Å². The Bertz CT molecular complexity index is 1010. The minimum Gasteiger partial charge on any atom is -0.385 e. The molecule has 1 aromatic heterocycles. The van der Waals surface area contributed by atoms with Crippen molar-refractivity contribution in [3.8, 4) is 0 Å². The van der Waals surface area contributed by atoms with Crippen LogP contribution in [0, 0.1) is 0 Å². The van der Waals surface area contributed by atoms with E-state index in [1.165, 1.54) is 12.8 Å². The van der Waals surface area contributed by atoms with Crippen LogP contribution in [0.3, 0.4) is 0 Å². The molecule has 8 heteroatoms. The van der Waals surface area contributed by atoms with Crippen molar-refractivity contribution in [2.24, 2.45) is 5.10 Å². The molecule has 0 aromatic carbocycles. The maximum atomic E-state index is 13.0. The Morgan fingerprint density at radius 2 is 2.13 bits per heavy atom. The quantitative estimate of drug-likeness (QED) is 0.714. The van der Waals surface area contributed by atoms with Crippen molar-refractivity contribution in [2.75, 3.05) is 29.9 Å². The maximum absolute atomic E-state index is 13.0. The molecule has 0 saturated carbocycles. The van der Waals surface area contributed by atoms with E-state index in [4.69, 9.17) is 5.10 Å². The molecule has 1 aromatic rings. The number of aromatic nitrogens is 1. The Balaban J connectivity index is 1.34. The number of rotatable bonds is 4. The third-order valence-corrected chi connectivity index (χ3v) is 5.67. The van der Waals surface area contributed by atoms with Gasteiger partial charge in [0.05, 0.1) is 5.71 Å². The van der Waals surface area contributed by atoms with Crippen LogP contribution in [0.4, 0.5) is 11.5 Å². The number of carbonyl (C=O) groups is 1. The molecule has 0 spiro atoms. The van der Waals surface area contributed by atoms with E-state index in [1.807, 2.05) is 31.2 Å². The van der Waals surface area contributed by atoms with Gasteiger partial charge in [0.2, 0.25) is 0 Å². The van der Waals surface area contributed by atoms with Crippen LogP contribution in [0.15, 0.2) is 70.9 Å². The summed E-state index contributed by atoms with van der Waals surface area (Å²) in [7, 11) is 0. The van der Waals surface area contributed by atoms with Gasteiger partial charge < -0.3 is 20.9 Å². The topological polar surface area (TPSA) is 84.9 Å². The Morgan fingerprint density at radius 3 is 2.97 bits per heavy atom. The van der Waals surface area contributed by atoms with Crippen molar-refractivity contribution in [2.45, 2.75) is 25.9 Å². The zero-order chi connectivity index (χ0) is 20.5. The second kappa shape index (κ2) is 7.70. The van der Waals surface area contributed by atoms with Gasteiger partial charge in [-0.15, -0.1) is 0 Å². The smallest absolute Gasteiger partial charge is 0.275 e. The van der Waals surface area contributed by atoms with E-state index in [-0.39, 0.29) is 12.1 Å². The second-order valence-electron chi connectivity index (χ2n) is 7.70. The number of dihydropyridines is 1. The molecule has 1 fully saturated rings. The maximum Gasteiger partial charge on any atom is 0.275 e. The predicted octanol–water partition coefficient (Wildman–Crippen LogP) is 2.05. The van der Waals surface area contributed by atoms with Crippen molar-refractivity contribution in [3.05, 3.63) is 65.8 Å². The Hall–Kier alpha value is -3.55. The van der Waals surface area contributed by atoms with E-state index in [2.05, 4.69) is 38.0 Å². The molecule has 4 aliphatic rings. The van der Waals surface area contributed by atoms with Gasteiger partial charge in [-0.25, -0.2) is 9.99 Å². The van der Waals surface area contributed by atoms with Crippen molar-refractivity contribution in [1.29, 1.82) is 0 Å². The molecule has 154 valence electrons. The monoisotopic (exact) mass is 403 g/mol. The average Bonchev–Trinajstić information content (AvgIpc) is 3.44. The summed E-state index contributed by atoms with van der Waals surface area (Å²) in [6.07, 6.45) is 13.8. The highest BCUT2D eigenvalue weighted by Crippen LogP contribution is 2.25. The van der Waals surface area contributed by atoms with Crippen LogP contribution in [0.1, 0.15) is 19.8 Å². The minimum absolute atomic E-state index is 0.159. The van der Waals surface area contributed by atoms with Crippen LogP contribution >= 0.6 is 0 Å². The number of amides is 1. The van der Waals surface area contributed by atoms with E-state index >= 15 is 0 Å². The van der Waals surface area contributed by atoms with Gasteiger partial charge in [-0.1, -0.05) is 12.2 Å². The first-order chi connectivity index (χ1) is 14.7. The Morgan fingerprint density at radius 1 is 1.27 bits per heavy atom. The summed E-state index contributed by atoms with van der Waals surface area (Å²) in [5.74, 6) is 0.701. The fraction of sp³-hybridized carbons (Fsp3) is 0.318. The van der Waals surface area contributed by atoms with E-state index in [9.17, 15) is 4.79 Å². The molecule has 5 heterocycles. The molecule has 30 heavy (non-hydrogen) atoms. The predicted molar refractivity (Wildman–Crippen MR) is 118 cm³/mol. The summed E-state index contributed by atoms with van der Waals surface area (Å²) in [5.41, 5.74) is 4.15. The first kappa shape index (κ1) is 18.5. The molecule has 4 aliphatic heterocycles. The lowest BCUT2D eigenvalue weighted by Crippen LogP contribution is -2.37. The molecule has 0 bridgehead atoms. The summed E-state index contributed by atoms with van der Waals surface area (Å²) >= 11 is 0. The number of allylic oxidation sites excluding steroid dienone is 4. The first-order valence-corrected chi connectivity index (χ1v) is 10.4. The number of nitrogens with zero attached hydrogens (tertiary/aromatic N) is 4. The number of fused-ring (bicyclic) bond motifs is 1. The fourth-order valence-corrected chi connectivity index (χ4v) is 4.05. The van der Waals surface area contributed by atoms with Crippen LogP contribution in [0.25, 0.3) is 0 Å². The van der Waals surface area contributed by atoms with Crippen molar-refractivity contribution >= 4 is 23.1 Å². The molecule has 1 amide bonds. The van der Waals surface area contributed by atoms with E-state index in [1.54, 1.807) is 17.4 Å². The molecular weight excluding hydrogens is 378 g/mol. The molecule has 0 aliphatic carbocycles. The van der Waals surface area contributed by atoms with Gasteiger partial charge in [0.25, 0.3) is 5.91 Å². The van der Waals surface area contributed by atoms with E-state index in [0.717, 1.165) is 48.1 Å². The lowest BCUT2D eigenvalue weighted by molar-refractivity contribution is -0.114. The van der Waals surface area contributed by atoms with Crippen LogP contribution in [-0.4, -0.2) is 47.4 Å². The van der Waals surface area contributed by atoms with E-state index in [0.29, 0.717) is 5.70 Å². The highest BCUT2D eigenvalue weighted by atomic mass is 16.2. The summed E-state index contributed by atoms with van der Waals surface area (Å²) in [5, 5.41) is 16.0. The van der Waals surface area contributed by atoms with Gasteiger partial charge in [-0.3, -0.25) is 4.79 Å². The van der Waals surface area contributed by atoms with Gasteiger partial charge in [0.1, 0.15) is 17.7 Å². The zero-order valence-corrected chi connectivity index (χ0v) is 16.9. The summed E-state index contributed by atoms with van der Waals surface area (Å²) < 4.78 is 0. The first-order valence-electron chi connectivity index (χ1n) is 10.4. The molecule has 3 N–H and O–H groups in total. The average molecular weight is 403 g/mol. The van der Waals surface area contributed by atoms with Gasteiger partial charge in [-0.2, -0.15) is 5.10 Å². The van der Waals surface area contributed by atoms with Crippen molar-refractivity contribution in [1.82, 2.24) is 20.6 Å². The molecular formula is C22H25N7O. The number of pyridine rings is 1. The Kier molecular flexibility index (Phi) is 4.74. The van der Waals surface area contributed by atoms with Crippen molar-refractivity contribution in [3.63, 3.8) is 0 Å². The number of nitrogens with one attached hydrogen (secondary N) is 3. The zero-order valence-electron chi connectivity index (χ0n) is 16.9. The van der Waals surface area contributed by atoms with Crippen LogP contribution in [0.2, 0.25) is 0 Å². The summed E-state index contributed by atoms with van der Waals surface area (Å²) in [6, 6.07) is 3.75. The number of anilines is 2. The normalized spacial score (nSPS) is 22.4. The largest absolute Gasteiger partial charge is 0.385 e. The molecule has 5 rings (SSSR count). The molecule has 8 nitrogen and oxygen atoms in total. The second-order valence-corrected chi connectivity index (χ2v) is 7.70. The SMILES string of the molecule is CC1=C(C2=NN3C(C(=O)Nc4ccnc(N5CCCC5)c4)=CNC3C=C2)C=CCN1. The molecule has 0 radical (unpaired) electrons. The van der Waals surface area contributed by atoms with E-state index < -0.39 is 0 Å². The lowest BCUT2D eigenvalue weighted by Gasteiger charge is -2.27. The highest BCUT2D eigenvalue weighted by Gasteiger charge is 2.31. The third-order valence-electron chi connectivity index (χ3n) is 5.67. The number of hydrogen-bond acceptors (Lipinski definition) is 7. The van der Waals surface area contributed by atoms with Gasteiger partial charge in [0, 0.05) is 55.1 Å². The molecule has 1 atom stereocenters. The number of carbonyl (C=O) groups excluding carboxylic acids is 1.